The summed E-state index contributed by atoms with van der Waals surface area (Å²) in [4.78, 5) is 14.4. The molecule has 7 nitrogen and oxygen atoms in total. The van der Waals surface area contributed by atoms with Gasteiger partial charge >= 0.3 is 6.03 Å². The highest BCUT2D eigenvalue weighted by Gasteiger charge is 2.27. The van der Waals surface area contributed by atoms with Crippen molar-refractivity contribution in [3.8, 4) is 0 Å². The number of urea groups is 1. The molecule has 0 saturated heterocycles. The zero-order valence-electron chi connectivity index (χ0n) is 14.1. The highest BCUT2D eigenvalue weighted by atomic mass is 16.2. The van der Waals surface area contributed by atoms with Crippen LogP contribution in [-0.4, -0.2) is 51.4 Å². The van der Waals surface area contributed by atoms with Crippen LogP contribution in [0.5, 0.6) is 0 Å². The van der Waals surface area contributed by atoms with Gasteiger partial charge in [-0.2, -0.15) is 0 Å². The molecule has 3 rings (SSSR count). The monoisotopic (exact) mass is 320 g/mol. The third kappa shape index (κ3) is 4.43. The second-order valence-electron chi connectivity index (χ2n) is 6.46. The maximum Gasteiger partial charge on any atom is 0.315 e. The Hall–Kier alpha value is -1.63. The third-order valence-corrected chi connectivity index (χ3v) is 4.75. The fraction of sp³-hybridized carbons (Fsp3) is 0.812. The van der Waals surface area contributed by atoms with E-state index in [1.165, 1.54) is 25.7 Å². The quantitative estimate of drug-likeness (QED) is 0.794. The van der Waals surface area contributed by atoms with Crippen LogP contribution in [0.2, 0.25) is 0 Å². The van der Waals surface area contributed by atoms with Gasteiger partial charge in [0.1, 0.15) is 5.82 Å². The molecule has 1 aliphatic heterocycles. The molecule has 1 aromatic rings. The minimum atomic E-state index is -0.122. The van der Waals surface area contributed by atoms with Crippen LogP contribution < -0.4 is 10.6 Å². The van der Waals surface area contributed by atoms with Gasteiger partial charge in [0.15, 0.2) is 5.82 Å². The molecule has 2 N–H and O–H groups in total. The van der Waals surface area contributed by atoms with Gasteiger partial charge < -0.3 is 15.2 Å². The lowest BCUT2D eigenvalue weighted by atomic mass is 10.2. The first-order chi connectivity index (χ1) is 11.3. The van der Waals surface area contributed by atoms with Gasteiger partial charge in [0.2, 0.25) is 0 Å². The molecule has 1 aliphatic carbocycles. The molecule has 1 saturated carbocycles. The lowest BCUT2D eigenvalue weighted by Gasteiger charge is -2.19. The molecule has 0 spiro atoms. The lowest BCUT2D eigenvalue weighted by Crippen LogP contribution is -2.41. The van der Waals surface area contributed by atoms with Crippen LogP contribution in [0, 0.1) is 0 Å². The van der Waals surface area contributed by atoms with Crippen LogP contribution in [0.3, 0.4) is 0 Å². The first-order valence-electron chi connectivity index (χ1n) is 8.94. The summed E-state index contributed by atoms with van der Waals surface area (Å²) in [6.45, 7) is 6.26. The number of carbonyl (C=O) groups excluding carboxylic acids is 1. The molecule has 0 radical (unpaired) electrons. The standard InChI is InChI=1S/C16H28N6O/c1-2-21(13-7-8-13)11-9-17-16(23)18-12-15-20-19-14-6-4-3-5-10-22(14)15/h13H,2-12H2,1H3,(H2,17,18,23). The summed E-state index contributed by atoms with van der Waals surface area (Å²) in [5.74, 6) is 1.92. The number of hydrogen-bond acceptors (Lipinski definition) is 4. The Balaban J connectivity index is 1.39. The molecular formula is C16H28N6O. The van der Waals surface area contributed by atoms with E-state index < -0.39 is 0 Å². The molecule has 1 fully saturated rings. The molecule has 0 unspecified atom stereocenters. The number of rotatable bonds is 7. The summed E-state index contributed by atoms with van der Waals surface area (Å²) in [7, 11) is 0. The van der Waals surface area contributed by atoms with Gasteiger partial charge in [-0.05, 0) is 32.2 Å². The van der Waals surface area contributed by atoms with E-state index in [2.05, 4.69) is 37.2 Å². The molecule has 0 atom stereocenters. The Bertz CT molecular complexity index is 525. The maximum absolute atomic E-state index is 11.9. The van der Waals surface area contributed by atoms with Crippen molar-refractivity contribution in [3.63, 3.8) is 0 Å². The van der Waals surface area contributed by atoms with Crippen molar-refractivity contribution in [1.82, 2.24) is 30.3 Å². The van der Waals surface area contributed by atoms with Crippen molar-refractivity contribution in [1.29, 1.82) is 0 Å². The summed E-state index contributed by atoms with van der Waals surface area (Å²) in [6, 6.07) is 0.624. The van der Waals surface area contributed by atoms with E-state index in [1.54, 1.807) is 0 Å². The zero-order valence-corrected chi connectivity index (χ0v) is 14.1. The van der Waals surface area contributed by atoms with Crippen molar-refractivity contribution in [2.75, 3.05) is 19.6 Å². The number of fused-ring (bicyclic) bond motifs is 1. The summed E-state index contributed by atoms with van der Waals surface area (Å²) >= 11 is 0. The first kappa shape index (κ1) is 16.2. The number of aromatic nitrogens is 3. The van der Waals surface area contributed by atoms with E-state index in [0.29, 0.717) is 13.1 Å². The third-order valence-electron chi connectivity index (χ3n) is 4.75. The summed E-state index contributed by atoms with van der Waals surface area (Å²) in [5.41, 5.74) is 0. The molecule has 23 heavy (non-hydrogen) atoms. The first-order valence-corrected chi connectivity index (χ1v) is 8.94. The van der Waals surface area contributed by atoms with Crippen LogP contribution in [-0.2, 0) is 19.5 Å². The predicted molar refractivity (Wildman–Crippen MR) is 88.1 cm³/mol. The van der Waals surface area contributed by atoms with Crippen molar-refractivity contribution in [2.45, 2.75) is 64.6 Å². The second-order valence-corrected chi connectivity index (χ2v) is 6.46. The van der Waals surface area contributed by atoms with Gasteiger partial charge in [-0.3, -0.25) is 4.90 Å². The van der Waals surface area contributed by atoms with E-state index in [0.717, 1.165) is 50.2 Å². The minimum Gasteiger partial charge on any atom is -0.337 e. The van der Waals surface area contributed by atoms with Crippen molar-refractivity contribution >= 4 is 6.03 Å². The average Bonchev–Trinajstić information content (AvgIpc) is 3.36. The van der Waals surface area contributed by atoms with E-state index in [1.807, 2.05) is 0 Å². The van der Waals surface area contributed by atoms with Gasteiger partial charge in [0, 0.05) is 32.1 Å². The van der Waals surface area contributed by atoms with Crippen LogP contribution in [0.4, 0.5) is 4.79 Å². The largest absolute Gasteiger partial charge is 0.337 e. The van der Waals surface area contributed by atoms with E-state index in [4.69, 9.17) is 0 Å². The molecular weight excluding hydrogens is 292 g/mol. The lowest BCUT2D eigenvalue weighted by molar-refractivity contribution is 0.234. The predicted octanol–water partition coefficient (Wildman–Crippen LogP) is 1.29. The maximum atomic E-state index is 11.9. The summed E-state index contributed by atoms with van der Waals surface area (Å²) < 4.78 is 2.17. The van der Waals surface area contributed by atoms with Crippen molar-refractivity contribution < 1.29 is 4.79 Å². The van der Waals surface area contributed by atoms with Gasteiger partial charge in [0.25, 0.3) is 0 Å². The molecule has 1 aromatic heterocycles. The molecule has 7 heteroatoms. The number of hydrogen-bond donors (Lipinski definition) is 2. The van der Waals surface area contributed by atoms with Crippen LogP contribution in [0.1, 0.15) is 50.7 Å². The second kappa shape index (κ2) is 7.77. The van der Waals surface area contributed by atoms with E-state index in [9.17, 15) is 4.79 Å². The van der Waals surface area contributed by atoms with Crippen molar-refractivity contribution in [2.24, 2.45) is 0 Å². The van der Waals surface area contributed by atoms with Crippen LogP contribution in [0.15, 0.2) is 0 Å². The number of aryl methyl sites for hydroxylation is 1. The number of carbonyl (C=O) groups is 1. The minimum absolute atomic E-state index is 0.122. The Kier molecular flexibility index (Phi) is 5.48. The highest BCUT2D eigenvalue weighted by molar-refractivity contribution is 5.73. The summed E-state index contributed by atoms with van der Waals surface area (Å²) in [6.07, 6.45) is 7.19. The SMILES string of the molecule is CCN(CCNC(=O)NCc1nnc2n1CCCCC2)C1CC1. The fourth-order valence-corrected chi connectivity index (χ4v) is 3.25. The van der Waals surface area contributed by atoms with E-state index >= 15 is 0 Å². The average molecular weight is 320 g/mol. The molecule has 128 valence electrons. The van der Waals surface area contributed by atoms with E-state index in [-0.39, 0.29) is 6.03 Å². The van der Waals surface area contributed by atoms with Gasteiger partial charge in [-0.25, -0.2) is 4.79 Å². The van der Waals surface area contributed by atoms with Gasteiger partial charge in [0.05, 0.1) is 6.54 Å². The van der Waals surface area contributed by atoms with Crippen LogP contribution >= 0.6 is 0 Å². The molecule has 2 aliphatic rings. The van der Waals surface area contributed by atoms with Gasteiger partial charge in [-0.1, -0.05) is 13.3 Å². The molecule has 2 amide bonds. The highest BCUT2D eigenvalue weighted by Crippen LogP contribution is 2.25. The normalized spacial score (nSPS) is 17.7. The summed E-state index contributed by atoms with van der Waals surface area (Å²) in [5, 5.41) is 14.3. The Morgan fingerprint density at radius 3 is 2.91 bits per heavy atom. The Labute approximate surface area is 137 Å². The fourth-order valence-electron chi connectivity index (χ4n) is 3.25. The molecule has 0 aromatic carbocycles. The number of likely N-dealkylation sites (N-methyl/N-ethyl adjacent to an activating group) is 1. The number of nitrogens with zero attached hydrogens (tertiary/aromatic N) is 4. The topological polar surface area (TPSA) is 75.1 Å². The Morgan fingerprint density at radius 2 is 2.13 bits per heavy atom. The molecule has 2 heterocycles. The molecule has 0 bridgehead atoms. The van der Waals surface area contributed by atoms with Gasteiger partial charge in [-0.15, -0.1) is 10.2 Å². The number of amides is 2. The Morgan fingerprint density at radius 1 is 1.26 bits per heavy atom. The van der Waals surface area contributed by atoms with Crippen LogP contribution in [0.25, 0.3) is 0 Å². The van der Waals surface area contributed by atoms with Crippen molar-refractivity contribution in [3.05, 3.63) is 11.6 Å². The smallest absolute Gasteiger partial charge is 0.315 e. The number of nitrogens with one attached hydrogen (secondary N) is 2. The zero-order chi connectivity index (χ0) is 16.1.